The molecule has 0 aliphatic carbocycles. The van der Waals surface area contributed by atoms with Crippen molar-refractivity contribution >= 4 is 31.6 Å². The lowest BCUT2D eigenvalue weighted by Gasteiger charge is -2.47. The summed E-state index contributed by atoms with van der Waals surface area (Å²) in [6, 6.07) is -1.33. The smallest absolute Gasteiger partial charge is 0.425 e. The molecular weight excluding hydrogens is 663 g/mol. The van der Waals surface area contributed by atoms with E-state index in [1.807, 2.05) is 25.1 Å². The Morgan fingerprint density at radius 3 is 2.37 bits per heavy atom. The number of aromatic nitrogens is 3. The Labute approximate surface area is 301 Å². The third-order valence-electron chi connectivity index (χ3n) is 11.4. The number of esters is 1. The number of likely N-dealkylation sites (N-methyl/N-ethyl adjacent to an activating group) is 1. The fourth-order valence-corrected chi connectivity index (χ4v) is 8.30. The highest BCUT2D eigenvalue weighted by molar-refractivity contribution is 6.05. The van der Waals surface area contributed by atoms with Crippen LogP contribution in [-0.4, -0.2) is 136 Å². The van der Waals surface area contributed by atoms with Gasteiger partial charge in [0.15, 0.2) is 17.7 Å². The molecule has 4 heterocycles. The molecule has 3 aliphatic heterocycles. The van der Waals surface area contributed by atoms with Crippen molar-refractivity contribution in [2.45, 2.75) is 135 Å². The van der Waals surface area contributed by atoms with Crippen molar-refractivity contribution in [2.75, 3.05) is 20.7 Å². The monoisotopic (exact) mass is 720 g/mol. The minimum atomic E-state index is -1.47. The van der Waals surface area contributed by atoms with Crippen LogP contribution in [0.4, 0.5) is 4.79 Å². The Kier molecular flexibility index (Phi) is 12.8. The molecule has 17 heteroatoms. The number of aliphatic hydroxyl groups is 1. The van der Waals surface area contributed by atoms with Gasteiger partial charge >= 0.3 is 12.1 Å². The summed E-state index contributed by atoms with van der Waals surface area (Å²) in [6.07, 6.45) is -2.24. The van der Waals surface area contributed by atoms with Gasteiger partial charge in [0.25, 0.3) is 7.98 Å². The molecule has 0 spiro atoms. The average molecular weight is 721 g/mol. The molecule has 16 nitrogen and oxygen atoms in total. The maximum atomic E-state index is 14.2. The summed E-state index contributed by atoms with van der Waals surface area (Å²) < 4.78 is 32.2. The molecule has 0 bridgehead atoms. The Hall–Kier alpha value is -2.96. The number of hydrogen-bond acceptors (Lipinski definition) is 14. The number of rotatable bonds is 8. The van der Waals surface area contributed by atoms with Gasteiger partial charge in [0.2, 0.25) is 0 Å². The lowest BCUT2D eigenvalue weighted by Crippen LogP contribution is -2.61. The van der Waals surface area contributed by atoms with E-state index in [9.17, 15) is 24.3 Å². The number of methoxy groups -OCH3 is 1. The highest BCUT2D eigenvalue weighted by atomic mass is 16.7. The highest BCUT2D eigenvalue weighted by Gasteiger charge is 2.60. The Balaban J connectivity index is 1.69. The van der Waals surface area contributed by atoms with Crippen LogP contribution in [0, 0.1) is 23.7 Å². The number of ketones is 2. The second-order valence-electron chi connectivity index (χ2n) is 15.2. The maximum absolute atomic E-state index is 14.2. The van der Waals surface area contributed by atoms with E-state index >= 15 is 0 Å². The molecule has 51 heavy (non-hydrogen) atoms. The largest absolute Gasteiger partial charge is 0.458 e. The van der Waals surface area contributed by atoms with Gasteiger partial charge in [-0.05, 0) is 54.0 Å². The lowest BCUT2D eigenvalue weighted by molar-refractivity contribution is -0.296. The molecule has 3 fully saturated rings. The summed E-state index contributed by atoms with van der Waals surface area (Å²) in [6.45, 7) is 14.1. The number of ether oxygens (including phenoxy) is 5. The molecule has 1 aromatic rings. The average Bonchev–Trinajstić information content (AvgIpc) is 3.61. The van der Waals surface area contributed by atoms with E-state index in [4.69, 9.17) is 29.5 Å². The van der Waals surface area contributed by atoms with Gasteiger partial charge in [-0.3, -0.25) is 14.4 Å². The van der Waals surface area contributed by atoms with Crippen LogP contribution in [0.2, 0.25) is 0 Å². The first-order valence-electron chi connectivity index (χ1n) is 17.9. The normalized spacial score (nSPS) is 40.2. The Morgan fingerprint density at radius 2 is 1.78 bits per heavy atom. The number of aliphatic hydroxyl groups excluding tert-OH is 1. The molecule has 3 N–H and O–H groups in total. The molecular formula is C34H57BN6O10. The molecule has 1 amide bonds. The summed E-state index contributed by atoms with van der Waals surface area (Å²) in [7, 11) is 5.18. The van der Waals surface area contributed by atoms with Crippen LogP contribution >= 0.6 is 0 Å². The molecule has 0 aromatic carbocycles. The summed E-state index contributed by atoms with van der Waals surface area (Å²) in [4.78, 5) is 56.9. The first-order chi connectivity index (χ1) is 23.8. The van der Waals surface area contributed by atoms with Crippen molar-refractivity contribution in [3.05, 3.63) is 11.9 Å². The molecule has 0 radical (unpaired) electrons. The van der Waals surface area contributed by atoms with E-state index in [1.54, 1.807) is 54.1 Å². The van der Waals surface area contributed by atoms with Gasteiger partial charge in [0, 0.05) is 50.1 Å². The molecule has 3 saturated heterocycles. The van der Waals surface area contributed by atoms with Gasteiger partial charge in [0.05, 0.1) is 23.5 Å². The summed E-state index contributed by atoms with van der Waals surface area (Å²) >= 11 is 0. The Morgan fingerprint density at radius 1 is 1.12 bits per heavy atom. The van der Waals surface area contributed by atoms with Gasteiger partial charge in [-0.15, -0.1) is 5.10 Å². The molecule has 1 aromatic heterocycles. The number of hydrazine groups is 1. The predicted molar refractivity (Wildman–Crippen MR) is 185 cm³/mol. The molecule has 0 unspecified atom stereocenters. The van der Waals surface area contributed by atoms with Crippen LogP contribution in [0.1, 0.15) is 80.3 Å². The van der Waals surface area contributed by atoms with Crippen molar-refractivity contribution < 1.29 is 48.0 Å². The van der Waals surface area contributed by atoms with E-state index in [2.05, 4.69) is 10.3 Å². The third kappa shape index (κ3) is 8.18. The molecule has 4 rings (SSSR count). The Bertz CT molecular complexity index is 1430. The van der Waals surface area contributed by atoms with Gasteiger partial charge in [-0.25, -0.2) is 15.6 Å². The maximum Gasteiger partial charge on any atom is 0.425 e. The first-order valence-corrected chi connectivity index (χ1v) is 17.9. The predicted octanol–water partition coefficient (Wildman–Crippen LogP) is 0.665. The van der Waals surface area contributed by atoms with Crippen LogP contribution in [0.25, 0.3) is 0 Å². The van der Waals surface area contributed by atoms with Crippen LogP contribution in [0.5, 0.6) is 0 Å². The number of carbonyl (C=O) groups is 4. The van der Waals surface area contributed by atoms with Crippen LogP contribution < -0.4 is 5.84 Å². The van der Waals surface area contributed by atoms with Gasteiger partial charge in [0.1, 0.15) is 30.0 Å². The summed E-state index contributed by atoms with van der Waals surface area (Å²) in [5.74, 6) is 0.920. The van der Waals surface area contributed by atoms with Gasteiger partial charge < -0.3 is 38.3 Å². The van der Waals surface area contributed by atoms with Crippen molar-refractivity contribution in [3.8, 4) is 0 Å². The van der Waals surface area contributed by atoms with Crippen LogP contribution in [-0.2, 0) is 44.5 Å². The zero-order chi connectivity index (χ0) is 38.2. The lowest BCUT2D eigenvalue weighted by atomic mass is 9.73. The zero-order valence-electron chi connectivity index (χ0n) is 31.9. The van der Waals surface area contributed by atoms with E-state index < -0.39 is 83.4 Å². The standard InChI is InChI=1S/C34H57BN6O10/c1-11-24-34(8)28(41(36)32(46)51-34)19(4)25(42)17(2)15-33(7,47-10)29(20(5)26(43)21(6)30(45)49-24)50-31-27(44)23(14-18(3)48-31)39(9)13-12-22-16-40(35)38-37-22/h16-21,23-24,27-29,31,44H,11-15,35-36H2,1-10H3/t17-,18-,19+,20+,21-,23+,24-,27-,28-,29-,31+,33-,34-/m1/s1. The number of nitrogens with two attached hydrogens (primary N) is 1. The summed E-state index contributed by atoms with van der Waals surface area (Å²) in [5, 5.41) is 20.8. The fourth-order valence-electron chi connectivity index (χ4n) is 8.30. The number of fused-ring (bicyclic) bond motifs is 1. The number of hydrogen-bond donors (Lipinski definition) is 2. The molecule has 3 aliphatic rings. The zero-order valence-corrected chi connectivity index (χ0v) is 31.9. The van der Waals surface area contributed by atoms with Crippen molar-refractivity contribution in [3.63, 3.8) is 0 Å². The fraction of sp³-hybridized carbons (Fsp3) is 0.824. The quantitative estimate of drug-likeness (QED) is 0.125. The number of amides is 1. The molecule has 286 valence electrons. The van der Waals surface area contributed by atoms with E-state index in [0.717, 1.165) is 10.7 Å². The summed E-state index contributed by atoms with van der Waals surface area (Å²) in [5.41, 5.74) is -1.95. The second kappa shape index (κ2) is 16.0. The molecule has 0 saturated carbocycles. The van der Waals surface area contributed by atoms with E-state index in [-0.39, 0.29) is 30.8 Å². The third-order valence-corrected chi connectivity index (χ3v) is 11.4. The van der Waals surface area contributed by atoms with Gasteiger partial charge in [-0.2, -0.15) is 0 Å². The molecule has 13 atom stereocenters. The number of cyclic esters (lactones) is 1. The minimum absolute atomic E-state index is 0.0909. The minimum Gasteiger partial charge on any atom is -0.458 e. The van der Waals surface area contributed by atoms with Crippen molar-refractivity contribution in [1.82, 2.24) is 24.8 Å². The van der Waals surface area contributed by atoms with Crippen molar-refractivity contribution in [1.29, 1.82) is 0 Å². The van der Waals surface area contributed by atoms with Crippen LogP contribution in [0.15, 0.2) is 6.20 Å². The van der Waals surface area contributed by atoms with E-state index in [1.165, 1.54) is 14.0 Å². The first kappa shape index (κ1) is 40.8. The van der Waals surface area contributed by atoms with Gasteiger partial charge in [-0.1, -0.05) is 32.9 Å². The number of carbonyl (C=O) groups excluding carboxylic acids is 4. The van der Waals surface area contributed by atoms with Crippen molar-refractivity contribution in [2.24, 2.45) is 29.5 Å². The number of Topliss-reactive ketones (excluding diaryl/α,β-unsaturated/α-hetero) is 2. The number of nitrogens with zero attached hydrogens (tertiary/aromatic N) is 5. The topological polar surface area (TPSA) is 198 Å². The van der Waals surface area contributed by atoms with Crippen LogP contribution in [0.3, 0.4) is 0 Å². The van der Waals surface area contributed by atoms with E-state index in [0.29, 0.717) is 19.4 Å². The highest BCUT2D eigenvalue weighted by Crippen LogP contribution is 2.42. The second-order valence-corrected chi connectivity index (χ2v) is 15.2. The SMILES string of the molecule is Bn1cc(CCN(C)[C@H]2C[C@@H](C)O[C@@H](O[C@@H]3[C@@H](C)C(=O)[C@@H](C)C(=O)O[C@H](CC)[C@@]4(C)OC(=O)N(N)[C@@H]4[C@@H](C)C(=O)[C@H](C)C[C@@]3(C)OC)[C@@H]2O)nn1.